The molecule has 3 rings (SSSR count). The summed E-state index contributed by atoms with van der Waals surface area (Å²) in [6, 6.07) is 5.78. The number of aryl methyl sites for hydroxylation is 1. The first-order valence-electron chi connectivity index (χ1n) is 8.94. The van der Waals surface area contributed by atoms with Gasteiger partial charge in [-0.1, -0.05) is 11.8 Å². The summed E-state index contributed by atoms with van der Waals surface area (Å²) in [6.45, 7) is 7.68. The molecule has 148 valence electrons. The maximum absolute atomic E-state index is 12.7. The van der Waals surface area contributed by atoms with E-state index in [0.29, 0.717) is 5.75 Å². The number of fused-ring (bicyclic) bond motifs is 1. The Labute approximate surface area is 178 Å². The Morgan fingerprint density at radius 1 is 1.43 bits per heavy atom. The van der Waals surface area contributed by atoms with E-state index in [1.807, 2.05) is 52.1 Å². The van der Waals surface area contributed by atoms with Gasteiger partial charge in [0.1, 0.15) is 11.9 Å². The van der Waals surface area contributed by atoms with Crippen molar-refractivity contribution < 1.29 is 14.3 Å². The van der Waals surface area contributed by atoms with Crippen LogP contribution < -0.4 is 10.1 Å². The van der Waals surface area contributed by atoms with Gasteiger partial charge in [0, 0.05) is 16.1 Å². The van der Waals surface area contributed by atoms with Crippen molar-refractivity contribution in [2.45, 2.75) is 50.9 Å². The van der Waals surface area contributed by atoms with Crippen LogP contribution in [-0.4, -0.2) is 40.3 Å². The fourth-order valence-corrected chi connectivity index (χ4v) is 3.59. The summed E-state index contributed by atoms with van der Waals surface area (Å²) in [7, 11) is 0. The van der Waals surface area contributed by atoms with Gasteiger partial charge in [-0.25, -0.2) is 0 Å². The Bertz CT molecular complexity index is 967. The molecule has 0 saturated carbocycles. The predicted octanol–water partition coefficient (Wildman–Crippen LogP) is 4.06. The van der Waals surface area contributed by atoms with Crippen molar-refractivity contribution in [1.82, 2.24) is 10.3 Å². The van der Waals surface area contributed by atoms with E-state index in [1.54, 1.807) is 6.20 Å². The van der Waals surface area contributed by atoms with E-state index in [-0.39, 0.29) is 18.1 Å². The van der Waals surface area contributed by atoms with Gasteiger partial charge < -0.3 is 14.8 Å². The zero-order valence-electron chi connectivity index (χ0n) is 16.5. The second-order valence-corrected chi connectivity index (χ2v) is 9.11. The molecule has 1 amide bonds. The smallest absolute Gasteiger partial charge is 0.272 e. The van der Waals surface area contributed by atoms with Crippen LogP contribution in [-0.2, 0) is 9.53 Å². The average molecular weight is 463 g/mol. The van der Waals surface area contributed by atoms with Gasteiger partial charge in [-0.05, 0) is 73.6 Å². The first-order valence-corrected chi connectivity index (χ1v) is 11.0. The van der Waals surface area contributed by atoms with Crippen molar-refractivity contribution in [1.29, 1.82) is 0 Å². The van der Waals surface area contributed by atoms with Gasteiger partial charge in [0.2, 0.25) is 5.44 Å². The lowest BCUT2D eigenvalue weighted by Gasteiger charge is -2.24. The molecule has 3 atom stereocenters. The minimum absolute atomic E-state index is 0.0303. The molecule has 0 radical (unpaired) electrons. The fourth-order valence-electron chi connectivity index (χ4n) is 2.76. The molecule has 3 unspecified atom stereocenters. The van der Waals surface area contributed by atoms with E-state index in [2.05, 4.69) is 38.1 Å². The lowest BCUT2D eigenvalue weighted by molar-refractivity contribution is -0.125. The van der Waals surface area contributed by atoms with Crippen LogP contribution in [0.3, 0.4) is 0 Å². The molecule has 28 heavy (non-hydrogen) atoms. The first kappa shape index (κ1) is 21.0. The van der Waals surface area contributed by atoms with E-state index in [4.69, 9.17) is 9.47 Å². The third kappa shape index (κ3) is 5.19. The summed E-state index contributed by atoms with van der Waals surface area (Å²) < 4.78 is 12.2. The zero-order chi connectivity index (χ0) is 20.5. The number of pyridine rings is 1. The molecule has 1 N–H and O–H groups in total. The number of thioether (sulfide) groups is 1. The number of amides is 1. The highest BCUT2D eigenvalue weighted by Gasteiger charge is 2.33. The van der Waals surface area contributed by atoms with Crippen LogP contribution in [0.5, 0.6) is 5.75 Å². The third-order valence-corrected chi connectivity index (χ3v) is 5.43. The average Bonchev–Trinajstić information content (AvgIpc) is 3.32. The highest BCUT2D eigenvalue weighted by molar-refractivity contribution is 9.10. The Hall–Kier alpha value is -1.75. The van der Waals surface area contributed by atoms with Gasteiger partial charge in [0.25, 0.3) is 5.91 Å². The highest BCUT2D eigenvalue weighted by atomic mass is 79.9. The summed E-state index contributed by atoms with van der Waals surface area (Å²) in [4.78, 5) is 17.2. The van der Waals surface area contributed by atoms with E-state index < -0.39 is 11.0 Å². The minimum Gasteiger partial charge on any atom is -0.470 e. The fraction of sp³-hybridized carbons (Fsp3) is 0.429. The molecule has 1 aromatic carbocycles. The molecule has 1 aromatic heterocycles. The molecule has 1 saturated heterocycles. The minimum atomic E-state index is -0.686. The third-order valence-electron chi connectivity index (χ3n) is 4.26. The molecule has 1 fully saturated rings. The molecular weight excluding hydrogens is 440 g/mol. The van der Waals surface area contributed by atoms with Gasteiger partial charge in [-0.3, -0.25) is 9.78 Å². The molecule has 5 nitrogen and oxygen atoms in total. The summed E-state index contributed by atoms with van der Waals surface area (Å²) >= 11 is 4.77. The van der Waals surface area contributed by atoms with Gasteiger partial charge in [0.15, 0.2) is 0 Å². The molecule has 2 aromatic rings. The van der Waals surface area contributed by atoms with Gasteiger partial charge in [0.05, 0.1) is 17.2 Å². The van der Waals surface area contributed by atoms with Crippen LogP contribution in [0.1, 0.15) is 26.3 Å². The zero-order valence-corrected chi connectivity index (χ0v) is 18.9. The lowest BCUT2D eigenvalue weighted by Crippen LogP contribution is -2.47. The first-order chi connectivity index (χ1) is 13.2. The Morgan fingerprint density at radius 3 is 2.79 bits per heavy atom. The van der Waals surface area contributed by atoms with Crippen LogP contribution in [0.15, 0.2) is 28.9 Å². The number of rotatable bonds is 5. The number of nitrogens with zero attached hydrogens (tertiary/aromatic N) is 1. The van der Waals surface area contributed by atoms with Crippen LogP contribution in [0.25, 0.3) is 10.9 Å². The topological polar surface area (TPSA) is 63.8 Å². The van der Waals surface area contributed by atoms with Crippen molar-refractivity contribution in [2.24, 2.45) is 0 Å². The number of hydrogen-bond acceptors (Lipinski definition) is 5. The quantitative estimate of drug-likeness (QED) is 0.412. The SMILES string of the molecule is CSC(Oc1cc(C)c2ncc(Br)cc2c1)C(=O)NC(C)(C)C#CC1OC1C. The molecule has 7 heteroatoms. The Balaban J connectivity index is 1.73. The van der Waals surface area contributed by atoms with Crippen LogP contribution in [0.4, 0.5) is 0 Å². The number of halogens is 1. The molecule has 0 spiro atoms. The van der Waals surface area contributed by atoms with Crippen LogP contribution >= 0.6 is 27.7 Å². The van der Waals surface area contributed by atoms with Gasteiger partial charge >= 0.3 is 0 Å². The van der Waals surface area contributed by atoms with Crippen molar-refractivity contribution in [3.05, 3.63) is 34.4 Å². The summed E-state index contributed by atoms with van der Waals surface area (Å²) in [5.74, 6) is 6.53. The number of nitrogens with one attached hydrogen (secondary N) is 1. The highest BCUT2D eigenvalue weighted by Crippen LogP contribution is 2.27. The monoisotopic (exact) mass is 462 g/mol. The number of ether oxygens (including phenoxy) is 2. The number of epoxide rings is 1. The van der Waals surface area contributed by atoms with E-state index in [0.717, 1.165) is 20.9 Å². The lowest BCUT2D eigenvalue weighted by atomic mass is 10.1. The largest absolute Gasteiger partial charge is 0.470 e. The van der Waals surface area contributed by atoms with Crippen molar-refractivity contribution >= 4 is 44.5 Å². The maximum Gasteiger partial charge on any atom is 0.272 e. The number of hydrogen-bond donors (Lipinski definition) is 1. The second kappa shape index (κ2) is 8.32. The Kier molecular flexibility index (Phi) is 6.23. The van der Waals surface area contributed by atoms with Crippen molar-refractivity contribution in [2.75, 3.05) is 6.26 Å². The summed E-state index contributed by atoms with van der Waals surface area (Å²) in [5, 5.41) is 3.91. The van der Waals surface area contributed by atoms with Crippen LogP contribution in [0.2, 0.25) is 0 Å². The second-order valence-electron chi connectivity index (χ2n) is 7.30. The number of carbonyl (C=O) groups is 1. The number of aromatic nitrogens is 1. The van der Waals surface area contributed by atoms with Gasteiger partial charge in [-0.15, -0.1) is 11.8 Å². The van der Waals surface area contributed by atoms with E-state index in [9.17, 15) is 4.79 Å². The molecule has 1 aliphatic heterocycles. The van der Waals surface area contributed by atoms with E-state index in [1.165, 1.54) is 11.8 Å². The summed E-state index contributed by atoms with van der Waals surface area (Å²) in [6.07, 6.45) is 3.75. The predicted molar refractivity (Wildman–Crippen MR) is 116 cm³/mol. The van der Waals surface area contributed by atoms with Crippen molar-refractivity contribution in [3.63, 3.8) is 0 Å². The van der Waals surface area contributed by atoms with Crippen LogP contribution in [0, 0.1) is 18.8 Å². The number of carbonyl (C=O) groups excluding carboxylic acids is 1. The van der Waals surface area contributed by atoms with Crippen molar-refractivity contribution in [3.8, 4) is 17.6 Å². The maximum atomic E-state index is 12.7. The molecule has 2 heterocycles. The summed E-state index contributed by atoms with van der Waals surface area (Å²) in [5.41, 5.74) is 0.543. The standard InChI is InChI=1S/C21H23BrN2O3S/c1-12-8-16(10-14-9-15(22)11-23-18(12)14)27-20(28-5)19(25)24-21(3,4)7-6-17-13(2)26-17/h8-11,13,17,20H,1-5H3,(H,24,25). The molecule has 0 aliphatic carbocycles. The van der Waals surface area contributed by atoms with Gasteiger partial charge in [-0.2, -0.15) is 0 Å². The normalized spacial score (nSPS) is 19.5. The number of benzene rings is 1. The molecule has 1 aliphatic rings. The molecule has 0 bridgehead atoms. The Morgan fingerprint density at radius 2 is 2.14 bits per heavy atom. The van der Waals surface area contributed by atoms with E-state index >= 15 is 0 Å². The molecular formula is C21H23BrN2O3S.